The molecular formula is C16H27Cl2N5O. The molecule has 3 heterocycles. The first-order valence-electron chi connectivity index (χ1n) is 8.21. The smallest absolute Gasteiger partial charge is 0.227 e. The van der Waals surface area contributed by atoms with Gasteiger partial charge in [0.2, 0.25) is 11.9 Å². The predicted molar refractivity (Wildman–Crippen MR) is 100 cm³/mol. The third kappa shape index (κ3) is 4.94. The van der Waals surface area contributed by atoms with Crippen molar-refractivity contribution in [3.8, 4) is 0 Å². The molecule has 1 aromatic rings. The molecule has 0 spiro atoms. The van der Waals surface area contributed by atoms with Gasteiger partial charge >= 0.3 is 0 Å². The lowest BCUT2D eigenvalue weighted by Crippen LogP contribution is -2.55. The number of aromatic nitrogens is 2. The summed E-state index contributed by atoms with van der Waals surface area (Å²) in [6, 6.07) is 2.01. The Balaban J connectivity index is 0.00000144. The quantitative estimate of drug-likeness (QED) is 0.842. The molecule has 0 aromatic carbocycles. The fourth-order valence-corrected chi connectivity index (χ4v) is 3.34. The van der Waals surface area contributed by atoms with Crippen LogP contribution < -0.4 is 15.5 Å². The van der Waals surface area contributed by atoms with Crippen LogP contribution in [0.1, 0.15) is 32.6 Å². The van der Waals surface area contributed by atoms with Crippen LogP contribution in [0.4, 0.5) is 5.95 Å². The lowest BCUT2D eigenvalue weighted by molar-refractivity contribution is -0.131. The molecule has 2 aliphatic rings. The van der Waals surface area contributed by atoms with Gasteiger partial charge in [-0.25, -0.2) is 9.97 Å². The number of carbonyl (C=O) groups is 1. The molecule has 1 amide bonds. The molecule has 2 N–H and O–H groups in total. The van der Waals surface area contributed by atoms with E-state index in [0.29, 0.717) is 0 Å². The molecule has 24 heavy (non-hydrogen) atoms. The van der Waals surface area contributed by atoms with Crippen LogP contribution in [0.25, 0.3) is 0 Å². The first-order valence-corrected chi connectivity index (χ1v) is 8.21. The third-order valence-electron chi connectivity index (χ3n) is 4.74. The van der Waals surface area contributed by atoms with Gasteiger partial charge in [-0.15, -0.1) is 24.8 Å². The maximum absolute atomic E-state index is 12.6. The summed E-state index contributed by atoms with van der Waals surface area (Å²) in [5.74, 6) is 0.938. The van der Waals surface area contributed by atoms with E-state index < -0.39 is 0 Å². The van der Waals surface area contributed by atoms with Gasteiger partial charge in [0.25, 0.3) is 0 Å². The summed E-state index contributed by atoms with van der Waals surface area (Å²) in [6.07, 6.45) is 7.64. The number of amides is 1. The highest BCUT2D eigenvalue weighted by Gasteiger charge is 2.36. The zero-order valence-corrected chi connectivity index (χ0v) is 15.7. The van der Waals surface area contributed by atoms with E-state index in [4.69, 9.17) is 0 Å². The molecule has 2 fully saturated rings. The van der Waals surface area contributed by atoms with Crippen molar-refractivity contribution in [2.24, 2.45) is 5.41 Å². The molecular weight excluding hydrogens is 349 g/mol. The van der Waals surface area contributed by atoms with Crippen LogP contribution in [-0.4, -0.2) is 48.1 Å². The first-order chi connectivity index (χ1) is 10.7. The Morgan fingerprint density at radius 2 is 2.08 bits per heavy atom. The molecule has 136 valence electrons. The Bertz CT molecular complexity index is 510. The summed E-state index contributed by atoms with van der Waals surface area (Å²) >= 11 is 0. The van der Waals surface area contributed by atoms with Gasteiger partial charge < -0.3 is 15.5 Å². The minimum absolute atomic E-state index is 0. The Kier molecular flexibility index (Phi) is 8.19. The van der Waals surface area contributed by atoms with E-state index in [2.05, 4.69) is 32.4 Å². The number of piperidine rings is 2. The van der Waals surface area contributed by atoms with E-state index in [-0.39, 0.29) is 42.2 Å². The molecule has 6 nitrogen and oxygen atoms in total. The van der Waals surface area contributed by atoms with Gasteiger partial charge in [-0.05, 0) is 45.2 Å². The number of halogens is 2. The van der Waals surface area contributed by atoms with Gasteiger partial charge in [0.05, 0.1) is 5.41 Å². The van der Waals surface area contributed by atoms with Crippen LogP contribution in [0.3, 0.4) is 0 Å². The summed E-state index contributed by atoms with van der Waals surface area (Å²) in [5.41, 5.74) is -0.274. The van der Waals surface area contributed by atoms with Crippen molar-refractivity contribution < 1.29 is 4.79 Å². The topological polar surface area (TPSA) is 70.2 Å². The van der Waals surface area contributed by atoms with E-state index in [1.54, 1.807) is 12.4 Å². The van der Waals surface area contributed by atoms with Crippen LogP contribution in [0.15, 0.2) is 18.5 Å². The standard InChI is InChI=1S/C16H25N5O.2ClH/c1-16(6-3-7-17-12-16)14(22)20-13-5-2-10-21(11-13)15-18-8-4-9-19-15;;/h4,8-9,13,17H,2-3,5-7,10-12H2,1H3,(H,20,22);2*1H. The second kappa shape index (κ2) is 9.39. The molecule has 1 aromatic heterocycles. The van der Waals surface area contributed by atoms with Crippen molar-refractivity contribution in [1.29, 1.82) is 0 Å². The van der Waals surface area contributed by atoms with Gasteiger partial charge in [-0.2, -0.15) is 0 Å². The molecule has 0 bridgehead atoms. The molecule has 0 saturated carbocycles. The Hall–Kier alpha value is -1.11. The molecule has 0 radical (unpaired) electrons. The van der Waals surface area contributed by atoms with E-state index in [1.807, 2.05) is 6.07 Å². The Morgan fingerprint density at radius 1 is 1.33 bits per heavy atom. The molecule has 2 atom stereocenters. The predicted octanol–water partition coefficient (Wildman–Crippen LogP) is 1.79. The van der Waals surface area contributed by atoms with Crippen molar-refractivity contribution in [3.05, 3.63) is 18.5 Å². The maximum atomic E-state index is 12.6. The summed E-state index contributed by atoms with van der Waals surface area (Å²) in [7, 11) is 0. The largest absolute Gasteiger partial charge is 0.351 e. The van der Waals surface area contributed by atoms with Crippen LogP contribution in [0.5, 0.6) is 0 Å². The average molecular weight is 376 g/mol. The third-order valence-corrected chi connectivity index (χ3v) is 4.74. The Labute approximate surface area is 156 Å². The number of nitrogens with zero attached hydrogens (tertiary/aromatic N) is 3. The average Bonchev–Trinajstić information content (AvgIpc) is 2.56. The number of carbonyl (C=O) groups excluding carboxylic acids is 1. The van der Waals surface area contributed by atoms with Gasteiger partial charge in [-0.3, -0.25) is 4.79 Å². The highest BCUT2D eigenvalue weighted by atomic mass is 35.5. The SMILES string of the molecule is CC1(C(=O)NC2CCCN(c3ncccn3)C2)CCCNC1.Cl.Cl. The van der Waals surface area contributed by atoms with Crippen molar-refractivity contribution in [3.63, 3.8) is 0 Å². The van der Waals surface area contributed by atoms with Gasteiger partial charge in [-0.1, -0.05) is 0 Å². The lowest BCUT2D eigenvalue weighted by atomic mass is 9.81. The van der Waals surface area contributed by atoms with E-state index in [1.165, 1.54) is 0 Å². The zero-order valence-electron chi connectivity index (χ0n) is 14.0. The number of nitrogens with one attached hydrogen (secondary N) is 2. The Morgan fingerprint density at radius 3 is 2.75 bits per heavy atom. The van der Waals surface area contributed by atoms with Gasteiger partial charge in [0.15, 0.2) is 0 Å². The van der Waals surface area contributed by atoms with Gasteiger partial charge in [0.1, 0.15) is 0 Å². The van der Waals surface area contributed by atoms with Crippen LogP contribution in [-0.2, 0) is 4.79 Å². The highest BCUT2D eigenvalue weighted by molar-refractivity contribution is 5.85. The first kappa shape index (κ1) is 20.9. The second-order valence-corrected chi connectivity index (χ2v) is 6.65. The van der Waals surface area contributed by atoms with Crippen LogP contribution in [0, 0.1) is 5.41 Å². The number of rotatable bonds is 3. The molecule has 2 saturated heterocycles. The summed E-state index contributed by atoms with van der Waals surface area (Å²) < 4.78 is 0. The lowest BCUT2D eigenvalue weighted by Gasteiger charge is -2.37. The van der Waals surface area contributed by atoms with Crippen molar-refractivity contribution in [1.82, 2.24) is 20.6 Å². The van der Waals surface area contributed by atoms with Crippen molar-refractivity contribution in [2.45, 2.75) is 38.6 Å². The minimum Gasteiger partial charge on any atom is -0.351 e. The van der Waals surface area contributed by atoms with Crippen molar-refractivity contribution in [2.75, 3.05) is 31.1 Å². The van der Waals surface area contributed by atoms with Gasteiger partial charge in [0, 0.05) is 38.1 Å². The summed E-state index contributed by atoms with van der Waals surface area (Å²) in [5, 5.41) is 6.59. The van der Waals surface area contributed by atoms with E-state index in [9.17, 15) is 4.79 Å². The van der Waals surface area contributed by atoms with E-state index in [0.717, 1.165) is 57.8 Å². The maximum Gasteiger partial charge on any atom is 0.227 e. The number of hydrogen-bond acceptors (Lipinski definition) is 5. The number of anilines is 1. The van der Waals surface area contributed by atoms with E-state index >= 15 is 0 Å². The molecule has 8 heteroatoms. The monoisotopic (exact) mass is 375 g/mol. The molecule has 2 unspecified atom stereocenters. The van der Waals surface area contributed by atoms with Crippen LogP contribution in [0.2, 0.25) is 0 Å². The highest BCUT2D eigenvalue weighted by Crippen LogP contribution is 2.26. The normalized spacial score (nSPS) is 26.7. The fourth-order valence-electron chi connectivity index (χ4n) is 3.34. The second-order valence-electron chi connectivity index (χ2n) is 6.65. The zero-order chi connectivity index (χ0) is 15.4. The number of hydrogen-bond donors (Lipinski definition) is 2. The summed E-state index contributed by atoms with van der Waals surface area (Å²) in [6.45, 7) is 5.60. The summed E-state index contributed by atoms with van der Waals surface area (Å²) in [4.78, 5) is 23.4. The minimum atomic E-state index is -0.274. The van der Waals surface area contributed by atoms with Crippen molar-refractivity contribution >= 4 is 36.7 Å². The molecule has 2 aliphatic heterocycles. The fraction of sp³-hybridized carbons (Fsp3) is 0.688. The van der Waals surface area contributed by atoms with Crippen LogP contribution >= 0.6 is 24.8 Å². The molecule has 0 aliphatic carbocycles. The molecule has 3 rings (SSSR count).